The standard InChI is InChI=1S/C28H22FN5O3S2/c29-23-5-7-24(8-6-23)34-25-13-22-9-11-33(39(36,37)17-20-3-1-19(15-30)2-4-20)18-28(22,14-21(25)16-32-34)26(35)27-31-10-12-38-27/h1-8,10,12-13,16H,9,11,14,17-18H2. The minimum Gasteiger partial charge on any atom is -0.290 e. The molecule has 1 aliphatic heterocycles. The molecular weight excluding hydrogens is 537 g/mol. The van der Waals surface area contributed by atoms with Gasteiger partial charge in [-0.3, -0.25) is 4.79 Å². The molecule has 0 radical (unpaired) electrons. The summed E-state index contributed by atoms with van der Waals surface area (Å²) < 4.78 is 43.8. The van der Waals surface area contributed by atoms with Crippen molar-refractivity contribution < 1.29 is 17.6 Å². The third kappa shape index (κ3) is 4.50. The molecule has 3 heterocycles. The summed E-state index contributed by atoms with van der Waals surface area (Å²) in [6, 6.07) is 14.5. The van der Waals surface area contributed by atoms with E-state index in [-0.39, 0.29) is 36.9 Å². The average molecular weight is 560 g/mol. The molecule has 0 amide bonds. The van der Waals surface area contributed by atoms with E-state index in [0.29, 0.717) is 28.2 Å². The Morgan fingerprint density at radius 3 is 2.62 bits per heavy atom. The molecule has 0 saturated carbocycles. The summed E-state index contributed by atoms with van der Waals surface area (Å²) in [5.74, 6) is -0.782. The van der Waals surface area contributed by atoms with Crippen molar-refractivity contribution in [3.8, 4) is 11.8 Å². The zero-order valence-electron chi connectivity index (χ0n) is 20.6. The fourth-order valence-corrected chi connectivity index (χ4v) is 7.62. The average Bonchev–Trinajstić information content (AvgIpc) is 3.62. The largest absolute Gasteiger partial charge is 0.290 e. The number of nitriles is 1. The number of hydrogen-bond acceptors (Lipinski definition) is 7. The van der Waals surface area contributed by atoms with Gasteiger partial charge in [0, 0.05) is 24.7 Å². The van der Waals surface area contributed by atoms with Crippen molar-refractivity contribution in [3.63, 3.8) is 0 Å². The lowest BCUT2D eigenvalue weighted by atomic mass is 9.66. The van der Waals surface area contributed by atoms with Gasteiger partial charge in [-0.05, 0) is 66.4 Å². The fourth-order valence-electron chi connectivity index (χ4n) is 5.36. The second kappa shape index (κ2) is 9.64. The number of piperidine rings is 1. The number of Topliss-reactive ketones (excluding diaryl/α,β-unsaturated/α-hetero) is 1. The number of aromatic nitrogens is 3. The van der Waals surface area contributed by atoms with Crippen LogP contribution in [0.15, 0.2) is 71.9 Å². The predicted octanol–water partition coefficient (Wildman–Crippen LogP) is 4.38. The highest BCUT2D eigenvalue weighted by Gasteiger charge is 2.51. The molecule has 4 aromatic rings. The summed E-state index contributed by atoms with van der Waals surface area (Å²) in [5.41, 5.74) is 3.04. The van der Waals surface area contributed by atoms with Crippen LogP contribution in [0.3, 0.4) is 0 Å². The van der Waals surface area contributed by atoms with Crippen molar-refractivity contribution in [1.82, 2.24) is 19.1 Å². The van der Waals surface area contributed by atoms with Gasteiger partial charge in [0.1, 0.15) is 5.82 Å². The molecule has 8 nitrogen and oxygen atoms in total. The van der Waals surface area contributed by atoms with Gasteiger partial charge in [0.25, 0.3) is 0 Å². The number of carbonyl (C=O) groups is 1. The summed E-state index contributed by atoms with van der Waals surface area (Å²) in [4.78, 5) is 18.3. The van der Waals surface area contributed by atoms with Crippen molar-refractivity contribution in [1.29, 1.82) is 5.26 Å². The van der Waals surface area contributed by atoms with E-state index in [1.54, 1.807) is 58.9 Å². The van der Waals surface area contributed by atoms with Crippen LogP contribution >= 0.6 is 11.3 Å². The topological polar surface area (TPSA) is 109 Å². The van der Waals surface area contributed by atoms with Crippen LogP contribution in [0.25, 0.3) is 11.8 Å². The maximum Gasteiger partial charge on any atom is 0.218 e. The van der Waals surface area contributed by atoms with Gasteiger partial charge in [-0.1, -0.05) is 17.7 Å². The maximum absolute atomic E-state index is 14.0. The minimum atomic E-state index is -3.77. The second-order valence-corrected chi connectivity index (χ2v) is 12.6. The monoisotopic (exact) mass is 559 g/mol. The molecule has 196 valence electrons. The highest BCUT2D eigenvalue weighted by atomic mass is 32.2. The molecule has 2 aromatic heterocycles. The number of hydrogen-bond donors (Lipinski definition) is 0. The first-order valence-electron chi connectivity index (χ1n) is 12.2. The van der Waals surface area contributed by atoms with Crippen LogP contribution < -0.4 is 0 Å². The summed E-state index contributed by atoms with van der Waals surface area (Å²) in [7, 11) is -3.77. The molecule has 1 atom stereocenters. The lowest BCUT2D eigenvalue weighted by Gasteiger charge is -2.44. The van der Waals surface area contributed by atoms with Crippen LogP contribution in [-0.2, 0) is 22.2 Å². The third-order valence-electron chi connectivity index (χ3n) is 7.34. The first-order chi connectivity index (χ1) is 18.8. The molecule has 1 aliphatic carbocycles. The Morgan fingerprint density at radius 1 is 1.15 bits per heavy atom. The minimum absolute atomic E-state index is 0.00295. The fraction of sp³-hybridized carbons (Fsp3) is 0.214. The summed E-state index contributed by atoms with van der Waals surface area (Å²) in [6.07, 6.45) is 5.84. The Balaban J connectivity index is 1.37. The van der Waals surface area contributed by atoms with E-state index in [4.69, 9.17) is 5.26 Å². The number of ketones is 1. The molecule has 2 aromatic carbocycles. The highest BCUT2D eigenvalue weighted by molar-refractivity contribution is 7.88. The van der Waals surface area contributed by atoms with Crippen molar-refractivity contribution in [2.45, 2.75) is 18.6 Å². The molecule has 1 saturated heterocycles. The molecule has 39 heavy (non-hydrogen) atoms. The molecule has 1 unspecified atom stereocenters. The van der Waals surface area contributed by atoms with Crippen LogP contribution in [0.2, 0.25) is 0 Å². The number of halogens is 1. The van der Waals surface area contributed by atoms with E-state index in [1.807, 2.05) is 12.1 Å². The smallest absolute Gasteiger partial charge is 0.218 e. The number of sulfonamides is 1. The molecule has 0 bridgehead atoms. The van der Waals surface area contributed by atoms with Crippen molar-refractivity contribution >= 4 is 33.2 Å². The van der Waals surface area contributed by atoms with Crippen molar-refractivity contribution in [3.05, 3.63) is 105 Å². The number of benzene rings is 2. The molecule has 11 heteroatoms. The van der Waals surface area contributed by atoms with Crippen LogP contribution in [0.1, 0.15) is 38.6 Å². The molecule has 0 spiro atoms. The normalized spacial score (nSPS) is 19.0. The predicted molar refractivity (Wildman–Crippen MR) is 144 cm³/mol. The van der Waals surface area contributed by atoms with Gasteiger partial charge in [0.2, 0.25) is 15.8 Å². The Bertz CT molecular complexity index is 1740. The Morgan fingerprint density at radius 2 is 1.92 bits per heavy atom. The number of nitrogens with zero attached hydrogens (tertiary/aromatic N) is 5. The van der Waals surface area contributed by atoms with Gasteiger partial charge in [0.05, 0.1) is 40.4 Å². The molecular formula is C28H22FN5O3S2. The zero-order valence-corrected chi connectivity index (χ0v) is 22.3. The SMILES string of the molecule is N#Cc1ccc(CS(=O)(=O)N2CCC3=Cc4c(cnn4-c4ccc(F)cc4)CC3(C(=O)c3nccs3)C2)cc1. The zero-order chi connectivity index (χ0) is 27.2. The number of fused-ring (bicyclic) bond motifs is 2. The van der Waals surface area contributed by atoms with E-state index < -0.39 is 15.4 Å². The Labute approximate surface area is 228 Å². The molecule has 6 rings (SSSR count). The van der Waals surface area contributed by atoms with Gasteiger partial charge in [-0.2, -0.15) is 14.7 Å². The van der Waals surface area contributed by atoms with Crippen LogP contribution in [0.4, 0.5) is 4.39 Å². The van der Waals surface area contributed by atoms with Crippen molar-refractivity contribution in [2.75, 3.05) is 13.1 Å². The summed E-state index contributed by atoms with van der Waals surface area (Å²) in [5, 5.41) is 15.6. The highest BCUT2D eigenvalue weighted by Crippen LogP contribution is 2.47. The van der Waals surface area contributed by atoms with Gasteiger partial charge in [0.15, 0.2) is 5.01 Å². The molecule has 0 N–H and O–H groups in total. The van der Waals surface area contributed by atoms with E-state index in [2.05, 4.69) is 10.1 Å². The van der Waals surface area contributed by atoms with E-state index in [0.717, 1.165) is 16.8 Å². The Kier molecular flexibility index (Phi) is 6.26. The number of carbonyl (C=O) groups excluding carboxylic acids is 1. The Hall–Kier alpha value is -3.98. The second-order valence-electron chi connectivity index (χ2n) is 9.69. The van der Waals surface area contributed by atoms with E-state index >= 15 is 0 Å². The van der Waals surface area contributed by atoms with E-state index in [9.17, 15) is 17.6 Å². The van der Waals surface area contributed by atoms with Crippen LogP contribution in [0.5, 0.6) is 0 Å². The first kappa shape index (κ1) is 25.3. The number of rotatable bonds is 6. The van der Waals surface area contributed by atoms with Crippen LogP contribution in [0, 0.1) is 22.6 Å². The quantitative estimate of drug-likeness (QED) is 0.324. The lowest BCUT2D eigenvalue weighted by Crippen LogP contribution is -2.53. The van der Waals surface area contributed by atoms with Gasteiger partial charge >= 0.3 is 0 Å². The van der Waals surface area contributed by atoms with Crippen LogP contribution in [-0.4, -0.2) is 46.4 Å². The first-order valence-corrected chi connectivity index (χ1v) is 14.7. The van der Waals surface area contributed by atoms with Gasteiger partial charge in [-0.15, -0.1) is 11.3 Å². The summed E-state index contributed by atoms with van der Waals surface area (Å²) in [6.45, 7) is 0.231. The summed E-state index contributed by atoms with van der Waals surface area (Å²) >= 11 is 1.24. The van der Waals surface area contributed by atoms with E-state index in [1.165, 1.54) is 27.8 Å². The lowest BCUT2D eigenvalue weighted by molar-refractivity contribution is 0.0775. The maximum atomic E-state index is 14.0. The van der Waals surface area contributed by atoms with Gasteiger partial charge < -0.3 is 0 Å². The third-order valence-corrected chi connectivity index (χ3v) is 9.91. The van der Waals surface area contributed by atoms with Crippen molar-refractivity contribution in [2.24, 2.45) is 5.41 Å². The molecule has 2 aliphatic rings. The molecule has 1 fully saturated rings. The van der Waals surface area contributed by atoms with Gasteiger partial charge in [-0.25, -0.2) is 22.5 Å². The number of thiazole rings is 1.